The van der Waals surface area contributed by atoms with Gasteiger partial charge in [0, 0.05) is 11.8 Å². The molecule has 1 saturated heterocycles. The van der Waals surface area contributed by atoms with E-state index < -0.39 is 9.75 Å². The summed E-state index contributed by atoms with van der Waals surface area (Å²) in [6, 6.07) is 0. The summed E-state index contributed by atoms with van der Waals surface area (Å²) in [5.41, 5.74) is 0.936. The van der Waals surface area contributed by atoms with E-state index in [4.69, 9.17) is 27.9 Å². The van der Waals surface area contributed by atoms with Gasteiger partial charge in [0.1, 0.15) is 0 Å². The number of hydrogen-bond acceptors (Lipinski definition) is 2. The first-order chi connectivity index (χ1) is 7.30. The third-order valence-corrected chi connectivity index (χ3v) is 5.08. The van der Waals surface area contributed by atoms with Crippen molar-refractivity contribution in [3.05, 3.63) is 12.2 Å². The zero-order chi connectivity index (χ0) is 12.1. The molecule has 2 rings (SSSR count). The minimum atomic E-state index is -0.999. The van der Waals surface area contributed by atoms with Gasteiger partial charge in [-0.05, 0) is 26.7 Å². The van der Waals surface area contributed by atoms with Gasteiger partial charge in [-0.15, -0.1) is 23.2 Å². The van der Waals surface area contributed by atoms with Crippen molar-refractivity contribution in [1.82, 2.24) is 0 Å². The van der Waals surface area contributed by atoms with Gasteiger partial charge in [0.05, 0.1) is 11.5 Å². The highest BCUT2D eigenvalue weighted by atomic mass is 35.5. The van der Waals surface area contributed by atoms with Crippen LogP contribution >= 0.6 is 23.2 Å². The average Bonchev–Trinajstić information content (AvgIpc) is 2.44. The Labute approximate surface area is 106 Å². The molecule has 0 N–H and O–H groups in total. The minimum absolute atomic E-state index is 0.0269. The lowest BCUT2D eigenvalue weighted by atomic mass is 9.65. The van der Waals surface area contributed by atoms with E-state index in [1.165, 1.54) is 0 Å². The Hall–Kier alpha value is -0.210. The molecule has 2 fully saturated rings. The zero-order valence-electron chi connectivity index (χ0n) is 9.56. The van der Waals surface area contributed by atoms with Crippen LogP contribution in [0.3, 0.4) is 0 Å². The van der Waals surface area contributed by atoms with Crippen LogP contribution in [0.4, 0.5) is 0 Å². The van der Waals surface area contributed by atoms with E-state index in [0.29, 0.717) is 6.61 Å². The third-order valence-electron chi connectivity index (χ3n) is 3.95. The maximum absolute atomic E-state index is 11.9. The van der Waals surface area contributed by atoms with Gasteiger partial charge in [-0.3, -0.25) is 4.79 Å². The Morgan fingerprint density at radius 3 is 2.75 bits per heavy atom. The average molecular weight is 263 g/mol. The van der Waals surface area contributed by atoms with Gasteiger partial charge < -0.3 is 4.74 Å². The van der Waals surface area contributed by atoms with E-state index in [9.17, 15) is 4.79 Å². The van der Waals surface area contributed by atoms with Crippen LogP contribution < -0.4 is 0 Å². The molecule has 1 heterocycles. The van der Waals surface area contributed by atoms with Crippen LogP contribution in [0.15, 0.2) is 12.2 Å². The predicted octanol–water partition coefficient (Wildman–Crippen LogP) is 3.12. The summed E-state index contributed by atoms with van der Waals surface area (Å²) in [5, 5.41) is 0. The number of cyclic esters (lactones) is 1. The number of halogens is 2. The number of hydrogen-bond donors (Lipinski definition) is 0. The fraction of sp³-hybridized carbons (Fsp3) is 0.750. The van der Waals surface area contributed by atoms with Gasteiger partial charge in [-0.2, -0.15) is 0 Å². The molecule has 0 bridgehead atoms. The van der Waals surface area contributed by atoms with Gasteiger partial charge in [0.15, 0.2) is 4.87 Å². The summed E-state index contributed by atoms with van der Waals surface area (Å²) in [6.45, 7) is 8.11. The molecular formula is C12H16Cl2O2. The molecule has 0 spiro atoms. The minimum Gasteiger partial charge on any atom is -0.464 e. The third kappa shape index (κ3) is 1.50. The largest absolute Gasteiger partial charge is 0.464 e. The number of esters is 1. The summed E-state index contributed by atoms with van der Waals surface area (Å²) in [7, 11) is 0. The molecule has 1 saturated carbocycles. The Bertz CT molecular complexity index is 351. The van der Waals surface area contributed by atoms with E-state index in [1.807, 2.05) is 13.8 Å². The second-order valence-electron chi connectivity index (χ2n) is 5.13. The maximum Gasteiger partial charge on any atom is 0.328 e. The molecule has 2 nitrogen and oxygen atoms in total. The monoisotopic (exact) mass is 262 g/mol. The van der Waals surface area contributed by atoms with E-state index in [2.05, 4.69) is 6.58 Å². The van der Waals surface area contributed by atoms with Gasteiger partial charge in [0.25, 0.3) is 0 Å². The first-order valence-electron chi connectivity index (χ1n) is 5.50. The molecule has 4 heteroatoms. The van der Waals surface area contributed by atoms with E-state index >= 15 is 0 Å². The van der Waals surface area contributed by atoms with Crippen molar-refractivity contribution in [2.45, 2.75) is 36.4 Å². The lowest BCUT2D eigenvalue weighted by Crippen LogP contribution is -2.54. The predicted molar refractivity (Wildman–Crippen MR) is 64.8 cm³/mol. The lowest BCUT2D eigenvalue weighted by molar-refractivity contribution is -0.141. The van der Waals surface area contributed by atoms with Crippen molar-refractivity contribution in [1.29, 1.82) is 0 Å². The van der Waals surface area contributed by atoms with E-state index in [0.717, 1.165) is 18.4 Å². The van der Waals surface area contributed by atoms with Crippen LogP contribution in [0.25, 0.3) is 0 Å². The molecule has 4 atom stereocenters. The van der Waals surface area contributed by atoms with Crippen molar-refractivity contribution in [2.24, 2.45) is 11.8 Å². The fourth-order valence-electron chi connectivity index (χ4n) is 2.95. The van der Waals surface area contributed by atoms with Crippen molar-refractivity contribution in [3.8, 4) is 0 Å². The summed E-state index contributed by atoms with van der Waals surface area (Å²) < 4.78 is 5.12. The smallest absolute Gasteiger partial charge is 0.328 e. The molecule has 0 aromatic carbocycles. The van der Waals surface area contributed by atoms with E-state index in [1.54, 1.807) is 0 Å². The fourth-order valence-corrected chi connectivity index (χ4v) is 4.00. The van der Waals surface area contributed by atoms with Crippen LogP contribution in [0, 0.1) is 11.8 Å². The lowest BCUT2D eigenvalue weighted by Gasteiger charge is -2.45. The van der Waals surface area contributed by atoms with Crippen LogP contribution in [0.1, 0.15) is 26.7 Å². The van der Waals surface area contributed by atoms with Gasteiger partial charge in [0.2, 0.25) is 0 Å². The molecule has 0 unspecified atom stereocenters. The Kier molecular flexibility index (Phi) is 2.79. The molecule has 0 radical (unpaired) electrons. The summed E-state index contributed by atoms with van der Waals surface area (Å²) in [6.07, 6.45) is 1.63. The number of fused-ring (bicyclic) bond motifs is 1. The Morgan fingerprint density at radius 2 is 2.19 bits per heavy atom. The normalized spacial score (nSPS) is 47.4. The maximum atomic E-state index is 11.9. The molecule has 2 aliphatic rings. The quantitative estimate of drug-likeness (QED) is 0.413. The number of alkyl halides is 2. The Morgan fingerprint density at radius 1 is 1.56 bits per heavy atom. The summed E-state index contributed by atoms with van der Waals surface area (Å²) in [4.78, 5) is 10.4. The molecule has 1 aliphatic heterocycles. The van der Waals surface area contributed by atoms with Crippen molar-refractivity contribution < 1.29 is 9.53 Å². The molecule has 90 valence electrons. The number of rotatable bonds is 1. The Balaban J connectivity index is 2.44. The summed E-state index contributed by atoms with van der Waals surface area (Å²) >= 11 is 13.0. The standard InChI is InChI=1S/C12H16Cl2O2/c1-7(2)8-4-5-11(3,13)9-6-16-10(15)12(8,9)14/h8-9H,1,4-6H2,2-3H3/t8-,9+,11-,12+/m1/s1. The number of carbonyl (C=O) groups excluding carboxylic acids is 1. The van der Waals surface area contributed by atoms with Crippen molar-refractivity contribution in [2.75, 3.05) is 6.61 Å². The zero-order valence-corrected chi connectivity index (χ0v) is 11.1. The van der Waals surface area contributed by atoms with Crippen molar-refractivity contribution in [3.63, 3.8) is 0 Å². The van der Waals surface area contributed by atoms with Crippen LogP contribution in [0.2, 0.25) is 0 Å². The molecular weight excluding hydrogens is 247 g/mol. The molecule has 1 aliphatic carbocycles. The second kappa shape index (κ2) is 3.64. The van der Waals surface area contributed by atoms with Crippen molar-refractivity contribution >= 4 is 29.2 Å². The summed E-state index contributed by atoms with van der Waals surface area (Å²) in [5.74, 6) is -0.494. The van der Waals surface area contributed by atoms with Gasteiger partial charge in [-0.1, -0.05) is 12.2 Å². The number of ether oxygens (including phenoxy) is 1. The highest BCUT2D eigenvalue weighted by Gasteiger charge is 2.64. The molecule has 0 aromatic rings. The second-order valence-corrected chi connectivity index (χ2v) is 6.62. The van der Waals surface area contributed by atoms with Gasteiger partial charge >= 0.3 is 5.97 Å². The van der Waals surface area contributed by atoms with E-state index in [-0.39, 0.29) is 17.8 Å². The first kappa shape index (κ1) is 12.3. The molecule has 0 amide bonds. The van der Waals surface area contributed by atoms with Crippen LogP contribution in [0.5, 0.6) is 0 Å². The molecule has 0 aromatic heterocycles. The van der Waals surface area contributed by atoms with Gasteiger partial charge in [-0.25, -0.2) is 0 Å². The number of allylic oxidation sites excluding steroid dienone is 1. The molecule has 16 heavy (non-hydrogen) atoms. The van der Waals surface area contributed by atoms with Crippen LogP contribution in [-0.2, 0) is 9.53 Å². The first-order valence-corrected chi connectivity index (χ1v) is 6.26. The SMILES string of the molecule is C=C(C)[C@H]1CC[C@@](C)(Cl)[C@@H]2COC(=O)[C@]12Cl. The van der Waals surface area contributed by atoms with Crippen LogP contribution in [-0.4, -0.2) is 22.3 Å². The number of carbonyl (C=O) groups is 1. The topological polar surface area (TPSA) is 26.3 Å². The highest BCUT2D eigenvalue weighted by molar-refractivity contribution is 6.36. The highest BCUT2D eigenvalue weighted by Crippen LogP contribution is 2.56.